The molecule has 0 radical (unpaired) electrons. The van der Waals surface area contributed by atoms with E-state index < -0.39 is 0 Å². The number of aromatic nitrogens is 1. The fourth-order valence-corrected chi connectivity index (χ4v) is 0.964. The molecule has 1 aliphatic rings. The van der Waals surface area contributed by atoms with E-state index in [-0.39, 0.29) is 0 Å². The fraction of sp³-hybridized carbons (Fsp3) is 0.333. The van der Waals surface area contributed by atoms with Crippen LogP contribution in [0.5, 0.6) is 0 Å². The summed E-state index contributed by atoms with van der Waals surface area (Å²) in [4.78, 5) is 10.2. The Morgan fingerprint density at radius 1 is 1.50 bits per heavy atom. The highest BCUT2D eigenvalue weighted by atomic mass is 16.5. The van der Waals surface area contributed by atoms with Crippen molar-refractivity contribution in [3.63, 3.8) is 0 Å². The normalized spacial score (nSPS) is 15.2. The number of ether oxygens (including phenoxy) is 1. The maximum atomic E-state index is 10.2. The smallest absolute Gasteiger partial charge is 0.172 e. The third-order valence-electron chi connectivity index (χ3n) is 1.49. The molecule has 0 aliphatic carbocycles. The van der Waals surface area contributed by atoms with Gasteiger partial charge >= 0.3 is 0 Å². The van der Waals surface area contributed by atoms with Crippen molar-refractivity contribution in [3.8, 4) is 0 Å². The first-order chi connectivity index (χ1) is 4.92. The Morgan fingerprint density at radius 2 is 2.40 bits per heavy atom. The molecule has 1 aliphatic heterocycles. The van der Waals surface area contributed by atoms with Gasteiger partial charge in [0.1, 0.15) is 6.61 Å². The minimum Gasteiger partial charge on any atom is -0.368 e. The van der Waals surface area contributed by atoms with Crippen molar-refractivity contribution in [2.24, 2.45) is 0 Å². The second-order valence-corrected chi connectivity index (χ2v) is 2.08. The molecule has 0 fully saturated rings. The maximum absolute atomic E-state index is 10.2. The van der Waals surface area contributed by atoms with E-state index in [2.05, 4.69) is 5.16 Å². The summed E-state index contributed by atoms with van der Waals surface area (Å²) in [6.45, 7) is 0.892. The van der Waals surface area contributed by atoms with Crippen LogP contribution >= 0.6 is 0 Å². The van der Waals surface area contributed by atoms with E-state index in [0.717, 1.165) is 5.56 Å². The zero-order valence-electron chi connectivity index (χ0n) is 5.16. The van der Waals surface area contributed by atoms with Crippen molar-refractivity contribution in [1.29, 1.82) is 0 Å². The van der Waals surface area contributed by atoms with Crippen LogP contribution in [0.4, 0.5) is 0 Å². The molecule has 52 valence electrons. The quantitative estimate of drug-likeness (QED) is 0.532. The van der Waals surface area contributed by atoms with Gasteiger partial charge in [0, 0.05) is 0 Å². The van der Waals surface area contributed by atoms with Gasteiger partial charge in [-0.15, -0.1) is 0 Å². The van der Waals surface area contributed by atoms with Gasteiger partial charge in [-0.2, -0.15) is 0 Å². The van der Waals surface area contributed by atoms with Crippen molar-refractivity contribution in [2.45, 2.75) is 13.2 Å². The first kappa shape index (κ1) is 5.61. The average molecular weight is 139 g/mol. The molecule has 2 heterocycles. The summed E-state index contributed by atoms with van der Waals surface area (Å²) >= 11 is 0. The Bertz CT molecular complexity index is 266. The molecule has 0 spiro atoms. The molecule has 1 aromatic rings. The van der Waals surface area contributed by atoms with E-state index in [0.29, 0.717) is 31.0 Å². The second kappa shape index (κ2) is 1.91. The second-order valence-electron chi connectivity index (χ2n) is 2.08. The zero-order chi connectivity index (χ0) is 6.97. The molecular weight excluding hydrogens is 134 g/mol. The largest absolute Gasteiger partial charge is 0.368 e. The molecule has 2 rings (SSSR count). The van der Waals surface area contributed by atoms with Crippen molar-refractivity contribution in [1.82, 2.24) is 5.16 Å². The van der Waals surface area contributed by atoms with Gasteiger partial charge in [-0.3, -0.25) is 4.79 Å². The van der Waals surface area contributed by atoms with E-state index >= 15 is 0 Å². The van der Waals surface area contributed by atoms with Crippen LogP contribution in [0.1, 0.15) is 21.8 Å². The minimum absolute atomic E-state index is 0.368. The van der Waals surface area contributed by atoms with Crippen LogP contribution in [0.25, 0.3) is 0 Å². The molecule has 4 heteroatoms. The number of carbonyl (C=O) groups is 1. The van der Waals surface area contributed by atoms with Gasteiger partial charge in [0.25, 0.3) is 0 Å². The molecule has 0 saturated heterocycles. The highest BCUT2D eigenvalue weighted by Gasteiger charge is 2.20. The number of aldehydes is 1. The summed E-state index contributed by atoms with van der Waals surface area (Å²) in [6, 6.07) is 0. The van der Waals surface area contributed by atoms with Gasteiger partial charge in [0.15, 0.2) is 17.7 Å². The predicted molar refractivity (Wildman–Crippen MR) is 30.4 cm³/mol. The van der Waals surface area contributed by atoms with Gasteiger partial charge in [-0.25, -0.2) is 0 Å². The lowest BCUT2D eigenvalue weighted by atomic mass is 10.2. The molecule has 0 saturated carbocycles. The third-order valence-corrected chi connectivity index (χ3v) is 1.49. The zero-order valence-corrected chi connectivity index (χ0v) is 5.16. The summed E-state index contributed by atoms with van der Waals surface area (Å²) in [5.74, 6) is 0.683. The Hall–Kier alpha value is -1.16. The summed E-state index contributed by atoms with van der Waals surface area (Å²) in [7, 11) is 0. The highest BCUT2D eigenvalue weighted by Crippen LogP contribution is 2.21. The number of rotatable bonds is 1. The first-order valence-corrected chi connectivity index (χ1v) is 2.92. The number of nitrogens with zero attached hydrogens (tertiary/aromatic N) is 1. The number of carbonyl (C=O) groups excluding carboxylic acids is 1. The van der Waals surface area contributed by atoms with Gasteiger partial charge in [-0.05, 0) is 0 Å². The number of fused-ring (bicyclic) bond motifs is 1. The molecule has 4 nitrogen and oxygen atoms in total. The Kier molecular flexibility index (Phi) is 1.07. The van der Waals surface area contributed by atoms with E-state index in [4.69, 9.17) is 9.26 Å². The lowest BCUT2D eigenvalue weighted by Gasteiger charge is -1.84. The van der Waals surface area contributed by atoms with Crippen LogP contribution in [-0.4, -0.2) is 11.4 Å². The summed E-state index contributed by atoms with van der Waals surface area (Å²) in [6.07, 6.45) is 0.678. The molecule has 10 heavy (non-hydrogen) atoms. The summed E-state index contributed by atoms with van der Waals surface area (Å²) in [5.41, 5.74) is 1.17. The Balaban J connectivity index is 2.53. The van der Waals surface area contributed by atoms with E-state index in [1.54, 1.807) is 0 Å². The molecule has 0 amide bonds. The van der Waals surface area contributed by atoms with E-state index in [1.807, 2.05) is 0 Å². The highest BCUT2D eigenvalue weighted by molar-refractivity contribution is 5.74. The van der Waals surface area contributed by atoms with Gasteiger partial charge in [-0.1, -0.05) is 5.16 Å². The van der Waals surface area contributed by atoms with E-state index in [9.17, 15) is 4.79 Å². The van der Waals surface area contributed by atoms with Crippen LogP contribution in [0.15, 0.2) is 4.52 Å². The average Bonchev–Trinajstić information content (AvgIpc) is 2.44. The molecule has 0 aromatic carbocycles. The fourth-order valence-electron chi connectivity index (χ4n) is 0.964. The molecule has 0 unspecified atom stereocenters. The molecular formula is C6H5NO3. The van der Waals surface area contributed by atoms with Crippen molar-refractivity contribution >= 4 is 6.29 Å². The van der Waals surface area contributed by atoms with Gasteiger partial charge < -0.3 is 9.26 Å². The van der Waals surface area contributed by atoms with Crippen LogP contribution in [-0.2, 0) is 18.0 Å². The summed E-state index contributed by atoms with van der Waals surface area (Å²) < 4.78 is 9.80. The van der Waals surface area contributed by atoms with Crippen molar-refractivity contribution in [2.75, 3.05) is 0 Å². The van der Waals surface area contributed by atoms with Crippen molar-refractivity contribution in [3.05, 3.63) is 17.0 Å². The van der Waals surface area contributed by atoms with Crippen molar-refractivity contribution < 1.29 is 14.1 Å². The number of hydrogen-bond donors (Lipinski definition) is 0. The Morgan fingerprint density at radius 3 is 3.20 bits per heavy atom. The number of hydrogen-bond acceptors (Lipinski definition) is 4. The van der Waals surface area contributed by atoms with Crippen LogP contribution in [0.3, 0.4) is 0 Å². The molecule has 0 bridgehead atoms. The minimum atomic E-state index is 0.368. The topological polar surface area (TPSA) is 52.3 Å². The van der Waals surface area contributed by atoms with Gasteiger partial charge in [0.2, 0.25) is 0 Å². The van der Waals surface area contributed by atoms with Crippen LogP contribution in [0, 0.1) is 0 Å². The van der Waals surface area contributed by atoms with Gasteiger partial charge in [0.05, 0.1) is 12.2 Å². The first-order valence-electron chi connectivity index (χ1n) is 2.92. The molecule has 0 atom stereocenters. The van der Waals surface area contributed by atoms with E-state index in [1.165, 1.54) is 0 Å². The molecule has 0 N–H and O–H groups in total. The SMILES string of the molecule is O=Cc1noc2c1COC2. The van der Waals surface area contributed by atoms with Crippen LogP contribution < -0.4 is 0 Å². The predicted octanol–water partition coefficient (Wildman–Crippen LogP) is 0.517. The standard InChI is InChI=1S/C6H5NO3/c8-1-5-4-2-9-3-6(4)10-7-5/h1H,2-3H2. The monoisotopic (exact) mass is 139 g/mol. The Labute approximate surface area is 56.8 Å². The lowest BCUT2D eigenvalue weighted by Crippen LogP contribution is -1.86. The third kappa shape index (κ3) is 0.593. The van der Waals surface area contributed by atoms with Crippen LogP contribution in [0.2, 0.25) is 0 Å². The molecule has 1 aromatic heterocycles. The summed E-state index contributed by atoms with van der Waals surface area (Å²) in [5, 5.41) is 3.53. The maximum Gasteiger partial charge on any atom is 0.172 e. The lowest BCUT2D eigenvalue weighted by molar-refractivity contribution is 0.107.